The Kier molecular flexibility index (Phi) is 24.7. The van der Waals surface area contributed by atoms with E-state index in [9.17, 15) is 0 Å². The van der Waals surface area contributed by atoms with Crippen LogP contribution in [-0.2, 0) is 0 Å². The Morgan fingerprint density at radius 1 is 0.800 bits per heavy atom. The van der Waals surface area contributed by atoms with Gasteiger partial charge in [-0.1, -0.05) is 39.5 Å². The molecular weight excluding hydrogens is 268 g/mol. The van der Waals surface area contributed by atoms with Gasteiger partial charge in [-0.15, -0.1) is 0 Å². The third-order valence-electron chi connectivity index (χ3n) is 2.13. The van der Waals surface area contributed by atoms with E-state index < -0.39 is 18.7 Å². The maximum Gasteiger partial charge on any atom is 0.151 e. The lowest BCUT2D eigenvalue weighted by Crippen LogP contribution is -2.37. The summed E-state index contributed by atoms with van der Waals surface area (Å²) in [6.07, 6.45) is 2.82. The van der Waals surface area contributed by atoms with Crippen LogP contribution in [0.1, 0.15) is 65.2 Å². The van der Waals surface area contributed by atoms with Crippen molar-refractivity contribution in [3.05, 3.63) is 0 Å². The molecule has 0 aliphatic rings. The molecule has 0 aromatic rings. The first kappa shape index (κ1) is 24.1. The largest absolute Gasteiger partial charge is 0.652 e. The molecule has 0 bridgehead atoms. The highest BCUT2D eigenvalue weighted by atomic mass is 16.6. The van der Waals surface area contributed by atoms with Crippen LogP contribution < -0.4 is 10.2 Å². The van der Waals surface area contributed by atoms with E-state index in [1.165, 1.54) is 0 Å². The third-order valence-corrected chi connectivity index (χ3v) is 2.13. The lowest BCUT2D eigenvalue weighted by atomic mass is 10.2. The van der Waals surface area contributed by atoms with E-state index in [0.29, 0.717) is 12.8 Å². The van der Waals surface area contributed by atoms with Gasteiger partial charge in [-0.3, -0.25) is 0 Å². The van der Waals surface area contributed by atoms with Crippen LogP contribution in [0.5, 0.6) is 0 Å². The van der Waals surface area contributed by atoms with E-state index >= 15 is 0 Å². The zero-order valence-electron chi connectivity index (χ0n) is 12.3. The minimum Gasteiger partial charge on any atom is -0.652 e. The molecule has 0 fully saturated rings. The van der Waals surface area contributed by atoms with Crippen molar-refractivity contribution in [1.82, 2.24) is 0 Å². The molecule has 124 valence electrons. The van der Waals surface area contributed by atoms with Crippen molar-refractivity contribution in [1.29, 1.82) is 0 Å². The Labute approximate surface area is 120 Å². The Morgan fingerprint density at radius 3 is 1.20 bits per heavy atom. The normalized spacial score (nSPS) is 9.60. The van der Waals surface area contributed by atoms with Gasteiger partial charge >= 0.3 is 0 Å². The summed E-state index contributed by atoms with van der Waals surface area (Å²) >= 11 is 0. The molecule has 7 heteroatoms. The molecule has 0 heterocycles. The molecule has 0 spiro atoms. The van der Waals surface area contributed by atoms with Crippen LogP contribution >= 0.6 is 0 Å². The molecule has 0 aliphatic carbocycles. The zero-order valence-corrected chi connectivity index (χ0v) is 12.3. The van der Waals surface area contributed by atoms with E-state index in [-0.39, 0.29) is 0 Å². The molecule has 20 heavy (non-hydrogen) atoms. The molecule has 0 rings (SSSR count). The summed E-state index contributed by atoms with van der Waals surface area (Å²) in [4.78, 5) is 8.33. The molecule has 0 aromatic heterocycles. The van der Waals surface area contributed by atoms with Crippen molar-refractivity contribution in [2.24, 2.45) is 0 Å². The fourth-order valence-corrected chi connectivity index (χ4v) is 1.15. The van der Waals surface area contributed by atoms with Crippen molar-refractivity contribution < 1.29 is 35.4 Å². The van der Waals surface area contributed by atoms with Crippen LogP contribution in [0.2, 0.25) is 0 Å². The summed E-state index contributed by atoms with van der Waals surface area (Å²) < 4.78 is 0. The fraction of sp³-hybridized carbons (Fsp3) is 0.923. The zero-order chi connectivity index (χ0) is 16.4. The second-order valence-corrected chi connectivity index (χ2v) is 4.20. The van der Waals surface area contributed by atoms with Gasteiger partial charge in [-0.25, -0.2) is 0 Å². The third kappa shape index (κ3) is 53.5. The monoisotopic (exact) mass is 296 g/mol. The standard InChI is InChI=1S/2C6H14O2.CH2O3/c2*1-2-3-4-5-6(7)8;2-1(3)4/h2*6-8H,2-5H2,1H3;(H2,2,3,4)/p-2. The maximum atomic E-state index is 8.33. The lowest BCUT2D eigenvalue weighted by Gasteiger charge is -1.99. The number of hydrogen-bond donors (Lipinski definition) is 4. The van der Waals surface area contributed by atoms with Crippen LogP contribution in [0.4, 0.5) is 4.79 Å². The van der Waals surface area contributed by atoms with E-state index in [1.54, 1.807) is 0 Å². The average molecular weight is 296 g/mol. The summed E-state index contributed by atoms with van der Waals surface area (Å²) in [5.41, 5.74) is 0. The summed E-state index contributed by atoms with van der Waals surface area (Å²) in [6, 6.07) is 0. The summed E-state index contributed by atoms with van der Waals surface area (Å²) in [5.74, 6) is 0. The van der Waals surface area contributed by atoms with Gasteiger partial charge in [0.05, 0.1) is 0 Å². The highest BCUT2D eigenvalue weighted by molar-refractivity contribution is 5.47. The predicted molar refractivity (Wildman–Crippen MR) is 70.1 cm³/mol. The number of rotatable bonds is 8. The van der Waals surface area contributed by atoms with Crippen LogP contribution in [-0.4, -0.2) is 39.2 Å². The van der Waals surface area contributed by atoms with Crippen molar-refractivity contribution in [3.63, 3.8) is 0 Å². The first-order chi connectivity index (χ1) is 9.27. The van der Waals surface area contributed by atoms with E-state index in [4.69, 9.17) is 35.4 Å². The number of aliphatic hydroxyl groups excluding tert-OH is 2. The summed E-state index contributed by atoms with van der Waals surface area (Å²) in [7, 11) is 0. The van der Waals surface area contributed by atoms with E-state index in [2.05, 4.69) is 13.8 Å². The molecule has 0 amide bonds. The second kappa shape index (κ2) is 20.4. The minimum absolute atomic E-state index is 0.522. The number of hydrogen-bond acceptors (Lipinski definition) is 7. The van der Waals surface area contributed by atoms with Gasteiger partial charge in [-0.05, 0) is 31.8 Å². The van der Waals surface area contributed by atoms with Gasteiger partial charge in [0.2, 0.25) is 0 Å². The Balaban J connectivity index is -0.000000230. The van der Waals surface area contributed by atoms with E-state index in [1.807, 2.05) is 0 Å². The van der Waals surface area contributed by atoms with E-state index in [0.717, 1.165) is 38.5 Å². The minimum atomic E-state index is -2.33. The Hall–Kier alpha value is -0.890. The fourth-order valence-electron chi connectivity index (χ4n) is 1.15. The van der Waals surface area contributed by atoms with Crippen molar-refractivity contribution >= 4 is 6.16 Å². The first-order valence-electron chi connectivity index (χ1n) is 6.88. The molecule has 0 atom stereocenters. The van der Waals surface area contributed by atoms with Gasteiger partial charge in [0.1, 0.15) is 0 Å². The SMILES string of the molecule is CCCCCC(O)O.CCCCCC(O)O.O=C([O-])[O-]. The quantitative estimate of drug-likeness (QED) is 0.342. The second-order valence-electron chi connectivity index (χ2n) is 4.20. The van der Waals surface area contributed by atoms with Gasteiger partial charge in [-0.2, -0.15) is 0 Å². The lowest BCUT2D eigenvalue weighted by molar-refractivity contribution is -0.415. The van der Waals surface area contributed by atoms with Crippen molar-refractivity contribution in [2.75, 3.05) is 0 Å². The topological polar surface area (TPSA) is 144 Å². The molecule has 0 saturated carbocycles. The maximum absolute atomic E-state index is 8.33. The molecule has 7 nitrogen and oxygen atoms in total. The molecule has 0 aromatic carbocycles. The molecule has 0 unspecified atom stereocenters. The van der Waals surface area contributed by atoms with Crippen molar-refractivity contribution in [3.8, 4) is 0 Å². The summed E-state index contributed by atoms with van der Waals surface area (Å²) in [5, 5.41) is 50.0. The highest BCUT2D eigenvalue weighted by Crippen LogP contribution is 2.00. The van der Waals surface area contributed by atoms with Crippen LogP contribution in [0.25, 0.3) is 0 Å². The first-order valence-corrected chi connectivity index (χ1v) is 6.88. The smallest absolute Gasteiger partial charge is 0.151 e. The van der Waals surface area contributed by atoms with Gasteiger partial charge in [0, 0.05) is 0 Å². The number of unbranched alkanes of at least 4 members (excludes halogenated alkanes) is 4. The van der Waals surface area contributed by atoms with Gasteiger partial charge in [0.15, 0.2) is 12.6 Å². The number of aliphatic hydroxyl groups is 4. The predicted octanol–water partition coefficient (Wildman–Crippen LogP) is -0.692. The van der Waals surface area contributed by atoms with Gasteiger partial charge < -0.3 is 35.4 Å². The number of carbonyl (C=O) groups is 1. The molecule has 0 saturated heterocycles. The van der Waals surface area contributed by atoms with Gasteiger partial charge in [0.25, 0.3) is 0 Å². The molecule has 4 N–H and O–H groups in total. The van der Waals surface area contributed by atoms with Crippen LogP contribution in [0, 0.1) is 0 Å². The number of carbonyl (C=O) groups excluding carboxylic acids is 1. The summed E-state index contributed by atoms with van der Waals surface area (Å²) in [6.45, 7) is 4.17. The number of carboxylic acid groups (broad SMARTS) is 2. The van der Waals surface area contributed by atoms with Crippen LogP contribution in [0.15, 0.2) is 0 Å². The molecular formula is C13H28O7-2. The average Bonchev–Trinajstić information content (AvgIpc) is 2.29. The Bertz CT molecular complexity index is 166. The van der Waals surface area contributed by atoms with Crippen LogP contribution in [0.3, 0.4) is 0 Å². The molecule has 0 radical (unpaired) electrons. The molecule has 0 aliphatic heterocycles. The Morgan fingerprint density at radius 2 is 1.05 bits per heavy atom. The van der Waals surface area contributed by atoms with Crippen molar-refractivity contribution in [2.45, 2.75) is 77.8 Å². The highest BCUT2D eigenvalue weighted by Gasteiger charge is 1.94.